The van der Waals surface area contributed by atoms with Crippen LogP contribution in [0.2, 0.25) is 5.02 Å². The summed E-state index contributed by atoms with van der Waals surface area (Å²) in [5.74, 6) is -0.821. The topological polar surface area (TPSA) is 55.4 Å². The minimum Gasteiger partial charge on any atom is -0.459 e. The first kappa shape index (κ1) is 19.0. The maximum atomic E-state index is 12.5. The van der Waals surface area contributed by atoms with Gasteiger partial charge >= 0.3 is 5.97 Å². The predicted molar refractivity (Wildman–Crippen MR) is 98.5 cm³/mol. The van der Waals surface area contributed by atoms with E-state index in [0.29, 0.717) is 10.6 Å². The number of rotatable bonds is 6. The van der Waals surface area contributed by atoms with Crippen molar-refractivity contribution in [2.45, 2.75) is 33.4 Å². The molecule has 0 spiro atoms. The summed E-state index contributed by atoms with van der Waals surface area (Å²) in [6.45, 7) is 5.73. The van der Waals surface area contributed by atoms with Crippen molar-refractivity contribution in [2.75, 3.05) is 0 Å². The average molecular weight is 360 g/mol. The number of benzene rings is 2. The van der Waals surface area contributed by atoms with E-state index in [2.05, 4.69) is 5.32 Å². The second kappa shape index (κ2) is 8.67. The molecule has 0 heterocycles. The number of carbonyl (C=O) groups excluding carboxylic acids is 2. The molecule has 2 aromatic rings. The van der Waals surface area contributed by atoms with Gasteiger partial charge in [0.05, 0.1) is 0 Å². The lowest BCUT2D eigenvalue weighted by molar-refractivity contribution is -0.148. The van der Waals surface area contributed by atoms with Gasteiger partial charge in [0.25, 0.3) is 5.91 Å². The molecule has 1 N–H and O–H groups in total. The highest BCUT2D eigenvalue weighted by molar-refractivity contribution is 6.30. The van der Waals surface area contributed by atoms with E-state index in [4.69, 9.17) is 16.3 Å². The Labute approximate surface area is 153 Å². The first-order valence-corrected chi connectivity index (χ1v) is 8.54. The third-order valence-corrected chi connectivity index (χ3v) is 4.14. The Balaban J connectivity index is 2.01. The van der Waals surface area contributed by atoms with Crippen LogP contribution in [0.4, 0.5) is 0 Å². The number of carbonyl (C=O) groups is 2. The summed E-state index contributed by atoms with van der Waals surface area (Å²) >= 11 is 5.84. The van der Waals surface area contributed by atoms with Crippen LogP contribution in [0.5, 0.6) is 0 Å². The van der Waals surface area contributed by atoms with Crippen molar-refractivity contribution < 1.29 is 14.3 Å². The van der Waals surface area contributed by atoms with Crippen LogP contribution in [0.15, 0.2) is 48.5 Å². The third kappa shape index (κ3) is 5.33. The van der Waals surface area contributed by atoms with E-state index < -0.39 is 12.0 Å². The van der Waals surface area contributed by atoms with Crippen molar-refractivity contribution in [1.82, 2.24) is 5.32 Å². The molecule has 0 saturated carbocycles. The second-order valence-electron chi connectivity index (χ2n) is 6.24. The van der Waals surface area contributed by atoms with E-state index in [1.54, 1.807) is 36.4 Å². The SMILES string of the molecule is Cc1ccccc1C(=O)N[C@H](C(=O)OCc1ccc(Cl)cc1)C(C)C. The van der Waals surface area contributed by atoms with Gasteiger partial charge < -0.3 is 10.1 Å². The lowest BCUT2D eigenvalue weighted by atomic mass is 10.0. The van der Waals surface area contributed by atoms with Crippen LogP contribution < -0.4 is 5.32 Å². The molecule has 0 radical (unpaired) electrons. The molecule has 5 heteroatoms. The summed E-state index contributed by atoms with van der Waals surface area (Å²) < 4.78 is 5.36. The Bertz CT molecular complexity index is 741. The van der Waals surface area contributed by atoms with E-state index in [1.165, 1.54) is 0 Å². The summed E-state index contributed by atoms with van der Waals surface area (Å²) in [4.78, 5) is 24.9. The molecular weight excluding hydrogens is 338 g/mol. The van der Waals surface area contributed by atoms with E-state index in [9.17, 15) is 9.59 Å². The molecule has 0 saturated heterocycles. The smallest absolute Gasteiger partial charge is 0.329 e. The Morgan fingerprint density at radius 2 is 1.72 bits per heavy atom. The summed E-state index contributed by atoms with van der Waals surface area (Å²) in [5.41, 5.74) is 2.25. The molecule has 1 atom stereocenters. The Kier molecular flexibility index (Phi) is 6.59. The number of hydrogen-bond donors (Lipinski definition) is 1. The van der Waals surface area contributed by atoms with Crippen molar-refractivity contribution >= 4 is 23.5 Å². The van der Waals surface area contributed by atoms with Crippen LogP contribution in [0, 0.1) is 12.8 Å². The van der Waals surface area contributed by atoms with Gasteiger partial charge in [0.1, 0.15) is 12.6 Å². The minimum absolute atomic E-state index is 0.0920. The van der Waals surface area contributed by atoms with Gasteiger partial charge in [-0.3, -0.25) is 4.79 Å². The van der Waals surface area contributed by atoms with Crippen LogP contribution >= 0.6 is 11.6 Å². The quantitative estimate of drug-likeness (QED) is 0.788. The second-order valence-corrected chi connectivity index (χ2v) is 6.68. The lowest BCUT2D eigenvalue weighted by Gasteiger charge is -2.21. The van der Waals surface area contributed by atoms with E-state index in [-0.39, 0.29) is 18.4 Å². The zero-order chi connectivity index (χ0) is 18.4. The molecule has 1 amide bonds. The van der Waals surface area contributed by atoms with Gasteiger partial charge in [-0.05, 0) is 42.2 Å². The van der Waals surface area contributed by atoms with Crippen LogP contribution in [0.3, 0.4) is 0 Å². The van der Waals surface area contributed by atoms with Gasteiger partial charge in [0, 0.05) is 10.6 Å². The number of esters is 1. The number of hydrogen-bond acceptors (Lipinski definition) is 3. The summed E-state index contributed by atoms with van der Waals surface area (Å²) in [6.07, 6.45) is 0. The molecule has 2 rings (SSSR count). The molecule has 0 aromatic heterocycles. The zero-order valence-electron chi connectivity index (χ0n) is 14.6. The van der Waals surface area contributed by atoms with Crippen LogP contribution in [0.25, 0.3) is 0 Å². The molecule has 4 nitrogen and oxygen atoms in total. The highest BCUT2D eigenvalue weighted by Gasteiger charge is 2.26. The number of aryl methyl sites for hydroxylation is 1. The molecule has 2 aromatic carbocycles. The van der Waals surface area contributed by atoms with Gasteiger partial charge in [-0.2, -0.15) is 0 Å². The Hall–Kier alpha value is -2.33. The molecule has 0 fully saturated rings. The Morgan fingerprint density at radius 3 is 2.32 bits per heavy atom. The number of halogens is 1. The molecule has 0 aliphatic rings. The first-order valence-electron chi connectivity index (χ1n) is 8.16. The number of amides is 1. The average Bonchev–Trinajstić information content (AvgIpc) is 2.58. The fourth-order valence-corrected chi connectivity index (χ4v) is 2.50. The van der Waals surface area contributed by atoms with Gasteiger partial charge in [0.15, 0.2) is 0 Å². The van der Waals surface area contributed by atoms with Gasteiger partial charge in [-0.1, -0.05) is 55.8 Å². The number of ether oxygens (including phenoxy) is 1. The van der Waals surface area contributed by atoms with Gasteiger partial charge in [0.2, 0.25) is 0 Å². The standard InChI is InChI=1S/C20H22ClNO3/c1-13(2)18(22-19(23)17-7-5-4-6-14(17)3)20(24)25-12-15-8-10-16(21)11-9-15/h4-11,13,18H,12H2,1-3H3,(H,22,23)/t18-/m0/s1. The molecule has 0 bridgehead atoms. The lowest BCUT2D eigenvalue weighted by Crippen LogP contribution is -2.45. The minimum atomic E-state index is -0.709. The highest BCUT2D eigenvalue weighted by atomic mass is 35.5. The summed E-state index contributed by atoms with van der Waals surface area (Å²) in [5, 5.41) is 3.41. The zero-order valence-corrected chi connectivity index (χ0v) is 15.3. The first-order chi connectivity index (χ1) is 11.9. The van der Waals surface area contributed by atoms with E-state index >= 15 is 0 Å². The van der Waals surface area contributed by atoms with Gasteiger partial charge in [-0.15, -0.1) is 0 Å². The van der Waals surface area contributed by atoms with Gasteiger partial charge in [-0.25, -0.2) is 4.79 Å². The monoisotopic (exact) mass is 359 g/mol. The van der Waals surface area contributed by atoms with Crippen molar-refractivity contribution in [1.29, 1.82) is 0 Å². The fourth-order valence-electron chi connectivity index (χ4n) is 2.37. The molecule has 132 valence electrons. The molecule has 0 aliphatic heterocycles. The van der Waals surface area contributed by atoms with E-state index in [0.717, 1.165) is 11.1 Å². The van der Waals surface area contributed by atoms with Crippen molar-refractivity contribution in [2.24, 2.45) is 5.92 Å². The van der Waals surface area contributed by atoms with E-state index in [1.807, 2.05) is 32.9 Å². The normalized spacial score (nSPS) is 11.9. The molecule has 0 unspecified atom stereocenters. The maximum Gasteiger partial charge on any atom is 0.329 e. The van der Waals surface area contributed by atoms with Crippen LogP contribution in [0.1, 0.15) is 35.3 Å². The highest BCUT2D eigenvalue weighted by Crippen LogP contribution is 2.13. The maximum absolute atomic E-state index is 12.5. The van der Waals surface area contributed by atoms with Crippen LogP contribution in [-0.4, -0.2) is 17.9 Å². The van der Waals surface area contributed by atoms with Crippen molar-refractivity contribution in [3.05, 3.63) is 70.2 Å². The van der Waals surface area contributed by atoms with Crippen molar-refractivity contribution in [3.8, 4) is 0 Å². The fraction of sp³-hybridized carbons (Fsp3) is 0.300. The largest absolute Gasteiger partial charge is 0.459 e. The predicted octanol–water partition coefficient (Wildman–Crippen LogP) is 4.15. The summed E-state index contributed by atoms with van der Waals surface area (Å²) in [7, 11) is 0. The third-order valence-electron chi connectivity index (χ3n) is 3.89. The molecule has 25 heavy (non-hydrogen) atoms. The van der Waals surface area contributed by atoms with Crippen LogP contribution in [-0.2, 0) is 16.1 Å². The molecular formula is C20H22ClNO3. The van der Waals surface area contributed by atoms with Crippen molar-refractivity contribution in [3.63, 3.8) is 0 Å². The summed E-state index contributed by atoms with van der Waals surface area (Å²) in [6, 6.07) is 13.6. The molecule has 0 aliphatic carbocycles. The Morgan fingerprint density at radius 1 is 1.08 bits per heavy atom. The number of nitrogens with one attached hydrogen (secondary N) is 1.